The number of nitrogens with one attached hydrogen (secondary N) is 1. The van der Waals surface area contributed by atoms with Crippen molar-refractivity contribution in [2.24, 2.45) is 4.99 Å². The lowest BCUT2D eigenvalue weighted by atomic mass is 10.0. The van der Waals surface area contributed by atoms with Gasteiger partial charge in [0.25, 0.3) is 0 Å². The molecule has 1 fully saturated rings. The van der Waals surface area contributed by atoms with E-state index in [-0.39, 0.29) is 17.9 Å². The standard InChI is InChI=1S/C13H12ClN3O2/c14-9-2-1-8-6-17(7-15-10(8)5-9)11-3-4-12(18)16-13(11)19/h1-2,5,7,11H,3-4,6H2,(H,16,18,19). The summed E-state index contributed by atoms with van der Waals surface area (Å²) in [4.78, 5) is 29.1. The number of halogens is 1. The van der Waals surface area contributed by atoms with E-state index in [2.05, 4.69) is 10.3 Å². The first kappa shape index (κ1) is 12.2. The van der Waals surface area contributed by atoms with E-state index in [9.17, 15) is 9.59 Å². The number of piperidine rings is 1. The van der Waals surface area contributed by atoms with Gasteiger partial charge in [-0.1, -0.05) is 17.7 Å². The molecule has 1 aromatic carbocycles. The topological polar surface area (TPSA) is 61.8 Å². The lowest BCUT2D eigenvalue weighted by Crippen LogP contribution is -2.52. The van der Waals surface area contributed by atoms with Gasteiger partial charge in [0, 0.05) is 18.0 Å². The van der Waals surface area contributed by atoms with Gasteiger partial charge in [0.2, 0.25) is 11.8 Å². The maximum Gasteiger partial charge on any atom is 0.249 e. The van der Waals surface area contributed by atoms with E-state index in [1.165, 1.54) is 0 Å². The highest BCUT2D eigenvalue weighted by molar-refractivity contribution is 6.30. The third kappa shape index (κ3) is 2.33. The van der Waals surface area contributed by atoms with Gasteiger partial charge in [-0.3, -0.25) is 14.9 Å². The molecule has 1 saturated heterocycles. The van der Waals surface area contributed by atoms with Crippen molar-refractivity contribution in [3.8, 4) is 0 Å². The van der Waals surface area contributed by atoms with Gasteiger partial charge in [0.05, 0.1) is 12.0 Å². The summed E-state index contributed by atoms with van der Waals surface area (Å²) < 4.78 is 0. The Kier molecular flexibility index (Phi) is 2.98. The van der Waals surface area contributed by atoms with Crippen LogP contribution in [0, 0.1) is 0 Å². The largest absolute Gasteiger partial charge is 0.346 e. The third-order valence-electron chi connectivity index (χ3n) is 3.36. The fourth-order valence-corrected chi connectivity index (χ4v) is 2.52. The summed E-state index contributed by atoms with van der Waals surface area (Å²) in [6, 6.07) is 5.19. The normalized spacial score (nSPS) is 22.2. The predicted molar refractivity (Wildman–Crippen MR) is 71.3 cm³/mol. The first-order valence-electron chi connectivity index (χ1n) is 6.05. The van der Waals surface area contributed by atoms with Crippen LogP contribution in [0.1, 0.15) is 18.4 Å². The molecule has 0 radical (unpaired) electrons. The highest BCUT2D eigenvalue weighted by atomic mass is 35.5. The molecule has 19 heavy (non-hydrogen) atoms. The first-order chi connectivity index (χ1) is 9.13. The summed E-state index contributed by atoms with van der Waals surface area (Å²) in [6.07, 6.45) is 2.55. The number of amides is 2. The predicted octanol–water partition coefficient (Wildman–Crippen LogP) is 1.62. The summed E-state index contributed by atoms with van der Waals surface area (Å²) in [5.74, 6) is -0.456. The van der Waals surface area contributed by atoms with Crippen LogP contribution >= 0.6 is 11.6 Å². The molecule has 2 amide bonds. The van der Waals surface area contributed by atoms with Crippen LogP contribution in [-0.4, -0.2) is 29.1 Å². The fraction of sp³-hybridized carbons (Fsp3) is 0.308. The fourth-order valence-electron chi connectivity index (χ4n) is 2.35. The van der Waals surface area contributed by atoms with Gasteiger partial charge in [-0.2, -0.15) is 0 Å². The molecule has 0 aromatic heterocycles. The first-order valence-corrected chi connectivity index (χ1v) is 6.43. The van der Waals surface area contributed by atoms with Gasteiger partial charge in [0.15, 0.2) is 0 Å². The molecule has 2 heterocycles. The number of fused-ring (bicyclic) bond motifs is 1. The number of carbonyl (C=O) groups excluding carboxylic acids is 2. The number of hydrogen-bond acceptors (Lipinski definition) is 4. The molecule has 0 saturated carbocycles. The lowest BCUT2D eigenvalue weighted by Gasteiger charge is -2.33. The second kappa shape index (κ2) is 4.66. The van der Waals surface area contributed by atoms with Crippen LogP contribution in [0.25, 0.3) is 0 Å². The Morgan fingerprint density at radius 3 is 3.00 bits per heavy atom. The van der Waals surface area contributed by atoms with Gasteiger partial charge < -0.3 is 4.90 Å². The monoisotopic (exact) mass is 277 g/mol. The Morgan fingerprint density at radius 2 is 2.21 bits per heavy atom. The maximum atomic E-state index is 11.8. The van der Waals surface area contributed by atoms with Crippen molar-refractivity contribution in [1.29, 1.82) is 0 Å². The van der Waals surface area contributed by atoms with Crippen molar-refractivity contribution in [3.63, 3.8) is 0 Å². The van der Waals surface area contributed by atoms with E-state index in [0.29, 0.717) is 24.4 Å². The van der Waals surface area contributed by atoms with Crippen molar-refractivity contribution in [2.45, 2.75) is 25.4 Å². The molecule has 0 spiro atoms. The molecule has 1 unspecified atom stereocenters. The van der Waals surface area contributed by atoms with Crippen LogP contribution in [0.15, 0.2) is 23.2 Å². The molecule has 0 bridgehead atoms. The smallest absolute Gasteiger partial charge is 0.249 e. The van der Waals surface area contributed by atoms with Gasteiger partial charge in [0.1, 0.15) is 6.04 Å². The minimum atomic E-state index is -0.328. The minimum absolute atomic E-state index is 0.206. The maximum absolute atomic E-state index is 11.8. The highest BCUT2D eigenvalue weighted by Gasteiger charge is 2.31. The van der Waals surface area contributed by atoms with Crippen molar-refractivity contribution in [1.82, 2.24) is 10.2 Å². The van der Waals surface area contributed by atoms with Gasteiger partial charge >= 0.3 is 0 Å². The molecule has 3 rings (SSSR count). The Morgan fingerprint density at radius 1 is 1.37 bits per heavy atom. The average Bonchev–Trinajstić information content (AvgIpc) is 2.38. The lowest BCUT2D eigenvalue weighted by molar-refractivity contribution is -0.136. The molecule has 5 nitrogen and oxygen atoms in total. The zero-order valence-corrected chi connectivity index (χ0v) is 10.9. The molecule has 2 aliphatic heterocycles. The number of hydrogen-bond donors (Lipinski definition) is 1. The Balaban J connectivity index is 1.81. The van der Waals surface area contributed by atoms with Crippen molar-refractivity contribution < 1.29 is 9.59 Å². The molecule has 1 atom stereocenters. The summed E-state index contributed by atoms with van der Waals surface area (Å²) in [5, 5.41) is 3.00. The molecule has 0 aliphatic carbocycles. The van der Waals surface area contributed by atoms with E-state index in [0.717, 1.165) is 11.3 Å². The zero-order chi connectivity index (χ0) is 13.4. The van der Waals surface area contributed by atoms with E-state index in [1.54, 1.807) is 12.4 Å². The van der Waals surface area contributed by atoms with Crippen molar-refractivity contribution in [3.05, 3.63) is 28.8 Å². The summed E-state index contributed by atoms with van der Waals surface area (Å²) in [6.45, 7) is 0.599. The van der Waals surface area contributed by atoms with E-state index >= 15 is 0 Å². The third-order valence-corrected chi connectivity index (χ3v) is 3.59. The van der Waals surface area contributed by atoms with Gasteiger partial charge in [-0.05, 0) is 24.1 Å². The second-order valence-corrected chi connectivity index (χ2v) is 5.09. The van der Waals surface area contributed by atoms with Crippen LogP contribution in [0.5, 0.6) is 0 Å². The van der Waals surface area contributed by atoms with Crippen LogP contribution in [0.2, 0.25) is 5.02 Å². The number of benzene rings is 1. The van der Waals surface area contributed by atoms with Gasteiger partial charge in [-0.25, -0.2) is 4.99 Å². The molecular weight excluding hydrogens is 266 g/mol. The second-order valence-electron chi connectivity index (χ2n) is 4.66. The number of rotatable bonds is 1. The van der Waals surface area contributed by atoms with E-state index in [4.69, 9.17) is 11.6 Å². The van der Waals surface area contributed by atoms with Crippen LogP contribution in [-0.2, 0) is 16.1 Å². The Hall–Kier alpha value is -1.88. The quantitative estimate of drug-likeness (QED) is 0.794. The van der Waals surface area contributed by atoms with Crippen LogP contribution in [0.4, 0.5) is 5.69 Å². The van der Waals surface area contributed by atoms with Gasteiger partial charge in [-0.15, -0.1) is 0 Å². The SMILES string of the molecule is O=C1CCC(N2C=Nc3cc(Cl)ccc3C2)C(=O)N1. The molecular formula is C13H12ClN3O2. The molecule has 6 heteroatoms. The van der Waals surface area contributed by atoms with Crippen molar-refractivity contribution in [2.75, 3.05) is 0 Å². The molecule has 1 aromatic rings. The minimum Gasteiger partial charge on any atom is -0.346 e. The molecule has 98 valence electrons. The van der Waals surface area contributed by atoms with E-state index < -0.39 is 0 Å². The van der Waals surface area contributed by atoms with Crippen molar-refractivity contribution >= 4 is 35.4 Å². The number of nitrogens with zero attached hydrogens (tertiary/aromatic N) is 2. The number of aliphatic imine (C=N–C) groups is 1. The molecule has 2 aliphatic rings. The molecule has 1 N–H and O–H groups in total. The number of imide groups is 1. The van der Waals surface area contributed by atoms with E-state index in [1.807, 2.05) is 17.0 Å². The summed E-state index contributed by atoms with van der Waals surface area (Å²) >= 11 is 5.91. The van der Waals surface area contributed by atoms with Crippen LogP contribution < -0.4 is 5.32 Å². The highest BCUT2D eigenvalue weighted by Crippen LogP contribution is 2.29. The average molecular weight is 278 g/mol. The summed E-state index contributed by atoms with van der Waals surface area (Å²) in [7, 11) is 0. The summed E-state index contributed by atoms with van der Waals surface area (Å²) in [5.41, 5.74) is 1.85. The number of carbonyl (C=O) groups is 2. The Labute approximate surface area is 115 Å². The van der Waals surface area contributed by atoms with Crippen LogP contribution in [0.3, 0.4) is 0 Å². The zero-order valence-electron chi connectivity index (χ0n) is 10.1. The Bertz CT molecular complexity index is 585.